The van der Waals surface area contributed by atoms with Crippen molar-refractivity contribution in [2.24, 2.45) is 16.7 Å². The van der Waals surface area contributed by atoms with E-state index < -0.39 is 5.60 Å². The summed E-state index contributed by atoms with van der Waals surface area (Å²) in [6.45, 7) is 8.04. The number of benzene rings is 1. The van der Waals surface area contributed by atoms with Crippen molar-refractivity contribution in [1.29, 1.82) is 0 Å². The number of aromatic amines is 1. The number of hydrogen-bond acceptors (Lipinski definition) is 4. The monoisotopic (exact) mass is 502 g/mol. The predicted molar refractivity (Wildman–Crippen MR) is 148 cm³/mol. The molecule has 198 valence electrons. The van der Waals surface area contributed by atoms with E-state index in [1.165, 1.54) is 10.9 Å². The average molecular weight is 503 g/mol. The fraction of sp³-hybridized carbons (Fsp3) is 0.548. The van der Waals surface area contributed by atoms with E-state index >= 15 is 0 Å². The van der Waals surface area contributed by atoms with Crippen LogP contribution in [0.2, 0.25) is 0 Å². The van der Waals surface area contributed by atoms with E-state index in [2.05, 4.69) is 58.7 Å². The Bertz CT molecular complexity index is 1220. The maximum atomic E-state index is 13.0. The molecule has 6 nitrogen and oxygen atoms in total. The van der Waals surface area contributed by atoms with Crippen LogP contribution < -0.4 is 10.6 Å². The molecular weight excluding hydrogens is 460 g/mol. The number of nitrogens with one attached hydrogen (secondary N) is 3. The molecule has 4 N–H and O–H groups in total. The smallest absolute Gasteiger partial charge is 0.220 e. The van der Waals surface area contributed by atoms with E-state index in [4.69, 9.17) is 0 Å². The quantitative estimate of drug-likeness (QED) is 0.327. The molecule has 0 spiro atoms. The summed E-state index contributed by atoms with van der Waals surface area (Å²) in [5.74, 6) is 0.488. The molecule has 0 radical (unpaired) electrons. The lowest BCUT2D eigenvalue weighted by molar-refractivity contribution is -0.123. The third-order valence-electron chi connectivity index (χ3n) is 9.30. The first-order valence-corrected chi connectivity index (χ1v) is 13.9. The Balaban J connectivity index is 1.25. The van der Waals surface area contributed by atoms with E-state index in [0.717, 1.165) is 56.3 Å². The Labute approximate surface area is 220 Å². The van der Waals surface area contributed by atoms with E-state index in [1.807, 2.05) is 37.5 Å². The van der Waals surface area contributed by atoms with Crippen LogP contribution in [0.4, 0.5) is 0 Å². The summed E-state index contributed by atoms with van der Waals surface area (Å²) in [6, 6.07) is 14.6. The standard InChI is InChI=1S/C31H42N4O2/c1-29(2)19-27(35-21-23-8-6-7-16-32-23)31(15-14-30(3,37)18-26(29)31)13-11-28(36)33-17-12-22-20-34-25-10-5-4-9-24(22)25/h4-10,16,20,26-27,34-35,37H,11-15,17-19,21H2,1-3H3,(H,33,36)/t26-,27-,30-,31-/m0/s1. The second-order valence-electron chi connectivity index (χ2n) is 12.4. The normalized spacial score (nSPS) is 28.8. The summed E-state index contributed by atoms with van der Waals surface area (Å²) in [5.41, 5.74) is 2.86. The number of aromatic nitrogens is 2. The molecule has 0 unspecified atom stereocenters. The molecule has 37 heavy (non-hydrogen) atoms. The lowest BCUT2D eigenvalue weighted by atomic mass is 9.57. The van der Waals surface area contributed by atoms with Crippen molar-refractivity contribution in [3.05, 3.63) is 66.1 Å². The van der Waals surface area contributed by atoms with Gasteiger partial charge in [0.25, 0.3) is 0 Å². The maximum absolute atomic E-state index is 13.0. The molecule has 2 aliphatic rings. The summed E-state index contributed by atoms with van der Waals surface area (Å²) in [5, 5.41) is 19.3. The predicted octanol–water partition coefficient (Wildman–Crippen LogP) is 5.13. The van der Waals surface area contributed by atoms with Crippen molar-refractivity contribution >= 4 is 16.8 Å². The first kappa shape index (κ1) is 25.9. The highest BCUT2D eigenvalue weighted by molar-refractivity contribution is 5.83. The average Bonchev–Trinajstić information content (AvgIpc) is 3.38. The van der Waals surface area contributed by atoms with Gasteiger partial charge < -0.3 is 20.7 Å². The lowest BCUT2D eigenvalue weighted by Gasteiger charge is -2.51. The Hall–Kier alpha value is -2.70. The Morgan fingerprint density at radius 3 is 2.73 bits per heavy atom. The number of rotatable bonds is 9. The largest absolute Gasteiger partial charge is 0.390 e. The summed E-state index contributed by atoms with van der Waals surface area (Å²) in [7, 11) is 0. The number of fused-ring (bicyclic) bond motifs is 2. The fourth-order valence-electron chi connectivity index (χ4n) is 7.35. The number of carbonyl (C=O) groups excluding carboxylic acids is 1. The number of carbonyl (C=O) groups is 1. The molecule has 0 saturated heterocycles. The summed E-state index contributed by atoms with van der Waals surface area (Å²) in [4.78, 5) is 20.9. The van der Waals surface area contributed by atoms with Gasteiger partial charge in [0.15, 0.2) is 0 Å². The van der Waals surface area contributed by atoms with Crippen LogP contribution in [-0.2, 0) is 17.8 Å². The number of hydrogen-bond donors (Lipinski definition) is 4. The summed E-state index contributed by atoms with van der Waals surface area (Å²) < 4.78 is 0. The zero-order valence-corrected chi connectivity index (χ0v) is 22.5. The van der Waals surface area contributed by atoms with Crippen LogP contribution in [0.15, 0.2) is 54.9 Å². The highest BCUT2D eigenvalue weighted by atomic mass is 16.3. The number of H-pyrrole nitrogens is 1. The minimum Gasteiger partial charge on any atom is -0.390 e. The van der Waals surface area contributed by atoms with Crippen LogP contribution in [0.1, 0.15) is 70.6 Å². The van der Waals surface area contributed by atoms with Crippen molar-refractivity contribution in [2.75, 3.05) is 6.54 Å². The zero-order valence-electron chi connectivity index (χ0n) is 22.5. The van der Waals surface area contributed by atoms with Gasteiger partial charge in [-0.3, -0.25) is 9.78 Å². The van der Waals surface area contributed by atoms with Gasteiger partial charge in [0.05, 0.1) is 11.3 Å². The first-order chi connectivity index (χ1) is 17.7. The lowest BCUT2D eigenvalue weighted by Crippen LogP contribution is -2.51. The number of nitrogens with zero attached hydrogens (tertiary/aromatic N) is 1. The topological polar surface area (TPSA) is 90.0 Å². The molecule has 6 heteroatoms. The van der Waals surface area contributed by atoms with E-state index in [-0.39, 0.29) is 16.7 Å². The number of pyridine rings is 1. The third kappa shape index (κ3) is 5.46. The molecule has 1 aromatic carbocycles. The zero-order chi connectivity index (χ0) is 26.1. The maximum Gasteiger partial charge on any atom is 0.220 e. The second kappa shape index (κ2) is 10.2. The Morgan fingerprint density at radius 1 is 1.11 bits per heavy atom. The van der Waals surface area contributed by atoms with Crippen molar-refractivity contribution in [1.82, 2.24) is 20.6 Å². The first-order valence-electron chi connectivity index (χ1n) is 13.9. The minimum atomic E-state index is -0.636. The molecule has 0 bridgehead atoms. The van der Waals surface area contributed by atoms with Crippen LogP contribution in [0.3, 0.4) is 0 Å². The van der Waals surface area contributed by atoms with Crippen LogP contribution in [0, 0.1) is 16.7 Å². The minimum absolute atomic E-state index is 0.00526. The van der Waals surface area contributed by atoms with Crippen molar-refractivity contribution in [2.45, 2.75) is 83.9 Å². The molecule has 3 aromatic rings. The molecule has 2 heterocycles. The van der Waals surface area contributed by atoms with Gasteiger partial charge in [-0.2, -0.15) is 0 Å². The highest BCUT2D eigenvalue weighted by Crippen LogP contribution is 2.63. The molecule has 5 rings (SSSR count). The van der Waals surface area contributed by atoms with Gasteiger partial charge in [0.1, 0.15) is 0 Å². The van der Waals surface area contributed by atoms with Crippen LogP contribution in [0.25, 0.3) is 10.9 Å². The second-order valence-corrected chi connectivity index (χ2v) is 12.4. The van der Waals surface area contributed by atoms with Crippen molar-refractivity contribution in [3.8, 4) is 0 Å². The molecule has 2 fully saturated rings. The fourth-order valence-corrected chi connectivity index (χ4v) is 7.35. The Kier molecular flexibility index (Phi) is 7.16. The third-order valence-corrected chi connectivity index (χ3v) is 9.30. The van der Waals surface area contributed by atoms with Crippen LogP contribution in [0.5, 0.6) is 0 Å². The van der Waals surface area contributed by atoms with Crippen molar-refractivity contribution in [3.63, 3.8) is 0 Å². The van der Waals surface area contributed by atoms with Crippen LogP contribution in [-0.4, -0.2) is 39.2 Å². The van der Waals surface area contributed by atoms with Gasteiger partial charge >= 0.3 is 0 Å². The molecule has 1 amide bonds. The van der Waals surface area contributed by atoms with Crippen LogP contribution >= 0.6 is 0 Å². The number of para-hydroxylation sites is 1. The molecule has 2 saturated carbocycles. The van der Waals surface area contributed by atoms with Crippen molar-refractivity contribution < 1.29 is 9.90 Å². The number of aliphatic hydroxyl groups is 1. The van der Waals surface area contributed by atoms with Gasteiger partial charge in [0, 0.05) is 48.8 Å². The SMILES string of the molecule is CC1(C)C[C@H](NCc2ccccn2)[C@@]2(CCC(=O)NCCc3c[nH]c4ccccc34)CC[C@](C)(O)C[C@@H]12. The molecule has 0 aliphatic heterocycles. The molecule has 2 aromatic heterocycles. The number of amides is 1. The van der Waals surface area contributed by atoms with Gasteiger partial charge in [0.2, 0.25) is 5.91 Å². The van der Waals surface area contributed by atoms with Gasteiger partial charge in [-0.15, -0.1) is 0 Å². The highest BCUT2D eigenvalue weighted by Gasteiger charge is 2.61. The van der Waals surface area contributed by atoms with Gasteiger partial charge in [-0.05, 0) is 86.0 Å². The molecular formula is C31H42N4O2. The van der Waals surface area contributed by atoms with E-state index in [1.54, 1.807) is 0 Å². The van der Waals surface area contributed by atoms with Gasteiger partial charge in [-0.1, -0.05) is 38.1 Å². The molecule has 4 atom stereocenters. The van der Waals surface area contributed by atoms with E-state index in [0.29, 0.717) is 24.9 Å². The Morgan fingerprint density at radius 2 is 1.92 bits per heavy atom. The van der Waals surface area contributed by atoms with Gasteiger partial charge in [-0.25, -0.2) is 0 Å². The van der Waals surface area contributed by atoms with E-state index in [9.17, 15) is 9.90 Å². The summed E-state index contributed by atoms with van der Waals surface area (Å²) >= 11 is 0. The molecule has 2 aliphatic carbocycles. The summed E-state index contributed by atoms with van der Waals surface area (Å²) in [6.07, 6.45) is 9.63.